The molecule has 20 heavy (non-hydrogen) atoms. The Labute approximate surface area is 125 Å². The summed E-state index contributed by atoms with van der Waals surface area (Å²) in [5, 5.41) is 0. The third-order valence-corrected chi connectivity index (χ3v) is 5.88. The van der Waals surface area contributed by atoms with Crippen LogP contribution >= 0.6 is 11.8 Å². The SMILES string of the molecule is O=C=NC1(c2ccc(C3CCSCC3)cc2)CCCC1. The van der Waals surface area contributed by atoms with Crippen molar-refractivity contribution >= 4 is 17.8 Å². The standard InChI is InChI=1S/C17H21NOS/c19-13-18-17(9-1-2-10-17)16-5-3-14(4-6-16)15-7-11-20-12-8-15/h3-6,15H,1-2,7-12H2. The van der Waals surface area contributed by atoms with Gasteiger partial charge < -0.3 is 0 Å². The van der Waals surface area contributed by atoms with E-state index in [2.05, 4.69) is 41.0 Å². The van der Waals surface area contributed by atoms with Gasteiger partial charge in [0.25, 0.3) is 0 Å². The van der Waals surface area contributed by atoms with Crippen LogP contribution in [0.4, 0.5) is 0 Å². The fourth-order valence-electron chi connectivity index (χ4n) is 3.61. The van der Waals surface area contributed by atoms with Gasteiger partial charge in [-0.05, 0) is 54.2 Å². The Hall–Kier alpha value is -1.05. The summed E-state index contributed by atoms with van der Waals surface area (Å²) < 4.78 is 0. The number of nitrogens with zero attached hydrogens (tertiary/aromatic N) is 1. The van der Waals surface area contributed by atoms with E-state index < -0.39 is 0 Å². The van der Waals surface area contributed by atoms with Crippen LogP contribution in [0.25, 0.3) is 0 Å². The fraction of sp³-hybridized carbons (Fsp3) is 0.588. The molecule has 0 atom stereocenters. The first-order valence-electron chi connectivity index (χ1n) is 7.61. The van der Waals surface area contributed by atoms with Crippen molar-refractivity contribution in [1.29, 1.82) is 0 Å². The number of hydrogen-bond acceptors (Lipinski definition) is 3. The van der Waals surface area contributed by atoms with Crippen LogP contribution in [0.1, 0.15) is 55.6 Å². The number of hydrogen-bond donors (Lipinski definition) is 0. The summed E-state index contributed by atoms with van der Waals surface area (Å²) in [5.41, 5.74) is 2.38. The molecule has 0 aromatic heterocycles. The number of isocyanates is 1. The van der Waals surface area contributed by atoms with E-state index >= 15 is 0 Å². The molecule has 3 rings (SSSR count). The van der Waals surface area contributed by atoms with Crippen molar-refractivity contribution in [3.05, 3.63) is 35.4 Å². The quantitative estimate of drug-likeness (QED) is 0.609. The average Bonchev–Trinajstić information content (AvgIpc) is 2.99. The van der Waals surface area contributed by atoms with Gasteiger partial charge in [-0.3, -0.25) is 0 Å². The molecule has 0 bridgehead atoms. The van der Waals surface area contributed by atoms with Crippen LogP contribution in [0.15, 0.2) is 29.3 Å². The Bertz CT molecular complexity index is 492. The lowest BCUT2D eigenvalue weighted by molar-refractivity contribution is 0.455. The molecule has 0 radical (unpaired) electrons. The highest BCUT2D eigenvalue weighted by molar-refractivity contribution is 7.99. The number of aliphatic imine (C=N–C) groups is 1. The number of carbonyl (C=O) groups excluding carboxylic acids is 1. The van der Waals surface area contributed by atoms with Crippen LogP contribution in [-0.4, -0.2) is 17.6 Å². The van der Waals surface area contributed by atoms with Gasteiger partial charge in [0.15, 0.2) is 0 Å². The van der Waals surface area contributed by atoms with Gasteiger partial charge in [0.2, 0.25) is 6.08 Å². The highest BCUT2D eigenvalue weighted by Gasteiger charge is 2.35. The highest BCUT2D eigenvalue weighted by Crippen LogP contribution is 2.42. The third kappa shape index (κ3) is 2.70. The van der Waals surface area contributed by atoms with Crippen LogP contribution in [0.3, 0.4) is 0 Å². The normalized spacial score (nSPS) is 22.4. The Kier molecular flexibility index (Phi) is 4.28. The minimum absolute atomic E-state index is 0.275. The molecular formula is C17H21NOS. The number of thioether (sulfide) groups is 1. The lowest BCUT2D eigenvalue weighted by Gasteiger charge is -2.25. The minimum atomic E-state index is -0.275. The molecule has 106 valence electrons. The zero-order valence-electron chi connectivity index (χ0n) is 11.8. The van der Waals surface area contributed by atoms with Gasteiger partial charge in [-0.25, -0.2) is 4.79 Å². The van der Waals surface area contributed by atoms with Gasteiger partial charge in [0.1, 0.15) is 0 Å². The summed E-state index contributed by atoms with van der Waals surface area (Å²) in [7, 11) is 0. The van der Waals surface area contributed by atoms with Crippen molar-refractivity contribution in [2.75, 3.05) is 11.5 Å². The molecule has 1 aliphatic carbocycles. The monoisotopic (exact) mass is 287 g/mol. The molecule has 1 aliphatic heterocycles. The largest absolute Gasteiger partial charge is 0.235 e. The molecule has 0 spiro atoms. The molecule has 1 saturated heterocycles. The first kappa shape index (κ1) is 13.9. The fourth-order valence-corrected chi connectivity index (χ4v) is 4.72. The van der Waals surface area contributed by atoms with Gasteiger partial charge in [-0.2, -0.15) is 16.8 Å². The molecule has 1 heterocycles. The zero-order chi connectivity index (χ0) is 13.8. The first-order valence-corrected chi connectivity index (χ1v) is 8.77. The van der Waals surface area contributed by atoms with E-state index in [1.807, 2.05) is 0 Å². The van der Waals surface area contributed by atoms with Gasteiger partial charge in [-0.15, -0.1) is 0 Å². The van der Waals surface area contributed by atoms with Crippen molar-refractivity contribution in [1.82, 2.24) is 0 Å². The molecule has 0 unspecified atom stereocenters. The summed E-state index contributed by atoms with van der Waals surface area (Å²) in [4.78, 5) is 14.9. The van der Waals surface area contributed by atoms with Crippen molar-refractivity contribution in [2.45, 2.75) is 50.0 Å². The van der Waals surface area contributed by atoms with E-state index in [1.165, 1.54) is 35.5 Å². The average molecular weight is 287 g/mol. The Balaban J connectivity index is 1.82. The van der Waals surface area contributed by atoms with Crippen LogP contribution < -0.4 is 0 Å². The molecule has 3 heteroatoms. The Morgan fingerprint density at radius 3 is 2.35 bits per heavy atom. The molecule has 2 fully saturated rings. The maximum Gasteiger partial charge on any atom is 0.235 e. The van der Waals surface area contributed by atoms with Crippen LogP contribution in [-0.2, 0) is 10.3 Å². The predicted molar refractivity (Wildman–Crippen MR) is 84.0 cm³/mol. The lowest BCUT2D eigenvalue weighted by Crippen LogP contribution is -2.19. The second-order valence-corrected chi connectivity index (χ2v) is 7.18. The van der Waals surface area contributed by atoms with E-state index in [1.54, 1.807) is 6.08 Å². The lowest BCUT2D eigenvalue weighted by atomic mass is 9.86. The number of rotatable bonds is 3. The van der Waals surface area contributed by atoms with E-state index in [9.17, 15) is 4.79 Å². The molecule has 1 aromatic carbocycles. The van der Waals surface area contributed by atoms with Gasteiger partial charge in [0, 0.05) is 0 Å². The third-order valence-electron chi connectivity index (χ3n) is 4.83. The Morgan fingerprint density at radius 1 is 1.10 bits per heavy atom. The molecule has 0 amide bonds. The van der Waals surface area contributed by atoms with Gasteiger partial charge in [0.05, 0.1) is 5.54 Å². The summed E-state index contributed by atoms with van der Waals surface area (Å²) in [5.74, 6) is 3.29. The molecule has 1 aromatic rings. The summed E-state index contributed by atoms with van der Waals surface area (Å²) in [6.07, 6.45) is 8.68. The maximum absolute atomic E-state index is 10.8. The second kappa shape index (κ2) is 6.15. The van der Waals surface area contributed by atoms with Gasteiger partial charge >= 0.3 is 0 Å². The maximum atomic E-state index is 10.8. The molecule has 0 N–H and O–H groups in total. The topological polar surface area (TPSA) is 29.4 Å². The smallest absolute Gasteiger partial charge is 0.211 e. The van der Waals surface area contributed by atoms with E-state index in [0.717, 1.165) is 31.6 Å². The van der Waals surface area contributed by atoms with Crippen molar-refractivity contribution < 1.29 is 4.79 Å². The minimum Gasteiger partial charge on any atom is -0.211 e. The molecular weight excluding hydrogens is 266 g/mol. The molecule has 2 nitrogen and oxygen atoms in total. The van der Waals surface area contributed by atoms with Crippen molar-refractivity contribution in [2.24, 2.45) is 4.99 Å². The predicted octanol–water partition coefficient (Wildman–Crippen LogP) is 4.40. The summed E-state index contributed by atoms with van der Waals surface area (Å²) >= 11 is 2.06. The zero-order valence-corrected chi connectivity index (χ0v) is 12.6. The molecule has 2 aliphatic rings. The van der Waals surface area contributed by atoms with E-state index in [-0.39, 0.29) is 5.54 Å². The van der Waals surface area contributed by atoms with Crippen LogP contribution in [0.2, 0.25) is 0 Å². The summed E-state index contributed by atoms with van der Waals surface area (Å²) in [6.45, 7) is 0. The second-order valence-electron chi connectivity index (χ2n) is 5.95. The van der Waals surface area contributed by atoms with Gasteiger partial charge in [-0.1, -0.05) is 37.1 Å². The molecule has 1 saturated carbocycles. The van der Waals surface area contributed by atoms with Crippen LogP contribution in [0, 0.1) is 0 Å². The first-order chi connectivity index (χ1) is 9.84. The summed E-state index contributed by atoms with van der Waals surface area (Å²) in [6, 6.07) is 8.92. The van der Waals surface area contributed by atoms with Crippen molar-refractivity contribution in [3.8, 4) is 0 Å². The Morgan fingerprint density at radius 2 is 1.75 bits per heavy atom. The van der Waals surface area contributed by atoms with Crippen LogP contribution in [0.5, 0.6) is 0 Å². The highest BCUT2D eigenvalue weighted by atomic mass is 32.2. The van der Waals surface area contributed by atoms with E-state index in [4.69, 9.17) is 0 Å². The van der Waals surface area contributed by atoms with E-state index in [0.29, 0.717) is 0 Å². The number of benzene rings is 1. The van der Waals surface area contributed by atoms with Crippen molar-refractivity contribution in [3.63, 3.8) is 0 Å².